The molecule has 2 saturated carbocycles. The van der Waals surface area contributed by atoms with Crippen LogP contribution in [0.15, 0.2) is 23.8 Å². The van der Waals surface area contributed by atoms with Gasteiger partial charge in [0.25, 0.3) is 0 Å². The molecule has 0 amide bonds. The van der Waals surface area contributed by atoms with Gasteiger partial charge in [-0.25, -0.2) is 0 Å². The average Bonchev–Trinajstić information content (AvgIpc) is 3.14. The molecule has 0 aromatic heterocycles. The van der Waals surface area contributed by atoms with Crippen molar-refractivity contribution in [3.63, 3.8) is 0 Å². The molecule has 144 valence electrons. The Labute approximate surface area is 158 Å². The zero-order chi connectivity index (χ0) is 18.9. The zero-order valence-corrected chi connectivity index (χ0v) is 16.5. The van der Waals surface area contributed by atoms with Crippen LogP contribution >= 0.6 is 0 Å². The Morgan fingerprint density at radius 2 is 2.23 bits per heavy atom. The number of allylic oxidation sites excluding steroid dienone is 3. The van der Waals surface area contributed by atoms with Crippen molar-refractivity contribution in [2.24, 2.45) is 23.7 Å². The number of aliphatic hydroxyl groups is 1. The van der Waals surface area contributed by atoms with Gasteiger partial charge in [-0.3, -0.25) is 4.79 Å². The number of rotatable bonds is 8. The molecule has 1 N–H and O–H groups in total. The monoisotopic (exact) mass is 358 g/mol. The maximum atomic E-state index is 11.2. The third kappa shape index (κ3) is 6.02. The molecular formula is C23H34O3. The Bertz CT molecular complexity index is 578. The van der Waals surface area contributed by atoms with E-state index in [2.05, 4.69) is 41.7 Å². The van der Waals surface area contributed by atoms with Crippen LogP contribution in [-0.4, -0.2) is 24.3 Å². The number of aliphatic hydroxyl groups excluding tert-OH is 1. The van der Waals surface area contributed by atoms with Gasteiger partial charge in [0.05, 0.1) is 13.2 Å². The van der Waals surface area contributed by atoms with Crippen LogP contribution in [0.3, 0.4) is 0 Å². The van der Waals surface area contributed by atoms with E-state index >= 15 is 0 Å². The molecule has 2 aliphatic carbocycles. The molecule has 5 atom stereocenters. The van der Waals surface area contributed by atoms with Crippen molar-refractivity contribution >= 4 is 5.97 Å². The van der Waals surface area contributed by atoms with Crippen molar-refractivity contribution in [3.8, 4) is 11.8 Å². The van der Waals surface area contributed by atoms with E-state index in [-0.39, 0.29) is 12.1 Å². The summed E-state index contributed by atoms with van der Waals surface area (Å²) < 4.78 is 4.68. The van der Waals surface area contributed by atoms with Crippen LogP contribution in [0.1, 0.15) is 65.2 Å². The largest absolute Gasteiger partial charge is 0.469 e. The number of esters is 1. The van der Waals surface area contributed by atoms with Gasteiger partial charge in [-0.05, 0) is 63.2 Å². The summed E-state index contributed by atoms with van der Waals surface area (Å²) >= 11 is 0. The van der Waals surface area contributed by atoms with Crippen LogP contribution < -0.4 is 0 Å². The first kappa shape index (κ1) is 20.8. The normalized spacial score (nSPS) is 30.2. The fourth-order valence-electron chi connectivity index (χ4n) is 4.42. The Hall–Kier alpha value is -1.53. The first-order valence-electron chi connectivity index (χ1n) is 10.0. The number of hydrogen-bond donors (Lipinski definition) is 1. The molecule has 0 radical (unpaired) electrons. The molecule has 3 heteroatoms. The van der Waals surface area contributed by atoms with Gasteiger partial charge in [0.2, 0.25) is 0 Å². The minimum absolute atomic E-state index is 0.126. The van der Waals surface area contributed by atoms with Crippen molar-refractivity contribution in [2.45, 2.75) is 71.3 Å². The van der Waals surface area contributed by atoms with E-state index in [4.69, 9.17) is 0 Å². The first-order valence-corrected chi connectivity index (χ1v) is 10.0. The smallest absolute Gasteiger partial charge is 0.305 e. The highest BCUT2D eigenvalue weighted by molar-refractivity contribution is 5.69. The molecule has 2 unspecified atom stereocenters. The second-order valence-electron chi connectivity index (χ2n) is 7.94. The van der Waals surface area contributed by atoms with E-state index in [1.807, 2.05) is 6.92 Å². The van der Waals surface area contributed by atoms with Crippen molar-refractivity contribution < 1.29 is 14.6 Å². The van der Waals surface area contributed by atoms with Crippen molar-refractivity contribution in [1.82, 2.24) is 0 Å². The van der Waals surface area contributed by atoms with Crippen LogP contribution in [0.5, 0.6) is 0 Å². The summed E-state index contributed by atoms with van der Waals surface area (Å²) in [6.45, 7) is 4.12. The lowest BCUT2D eigenvalue weighted by molar-refractivity contribution is -0.140. The van der Waals surface area contributed by atoms with Gasteiger partial charge < -0.3 is 9.84 Å². The second kappa shape index (κ2) is 10.6. The summed E-state index contributed by atoms with van der Waals surface area (Å²) in [5.74, 6) is 8.04. The Kier molecular flexibility index (Phi) is 8.45. The Morgan fingerprint density at radius 3 is 2.96 bits per heavy atom. The molecule has 2 rings (SSSR count). The number of carbonyl (C=O) groups is 1. The number of unbranched alkanes of at least 4 members (excludes halogenated alkanes) is 1. The zero-order valence-electron chi connectivity index (χ0n) is 16.5. The highest BCUT2D eigenvalue weighted by Gasteiger charge is 2.44. The molecule has 0 heterocycles. The molecule has 2 aliphatic rings. The summed E-state index contributed by atoms with van der Waals surface area (Å²) in [6.07, 6.45) is 14.1. The first-order chi connectivity index (χ1) is 12.5. The molecule has 0 bridgehead atoms. The predicted octanol–water partition coefficient (Wildman–Crippen LogP) is 4.66. The SMILES string of the molecule is CC#CCC(C)C/C=C/C1[C@H](O)C[C@@H]2CC(=CCCCC(=O)OC)C[C@H]12. The number of fused-ring (bicyclic) bond motifs is 1. The Morgan fingerprint density at radius 1 is 1.42 bits per heavy atom. The van der Waals surface area contributed by atoms with Crippen molar-refractivity contribution in [1.29, 1.82) is 0 Å². The highest BCUT2D eigenvalue weighted by Crippen LogP contribution is 2.50. The van der Waals surface area contributed by atoms with E-state index in [1.165, 1.54) is 12.7 Å². The van der Waals surface area contributed by atoms with Gasteiger partial charge in [-0.1, -0.05) is 30.7 Å². The van der Waals surface area contributed by atoms with Crippen LogP contribution in [0, 0.1) is 35.5 Å². The lowest BCUT2D eigenvalue weighted by Crippen LogP contribution is -2.16. The summed E-state index contributed by atoms with van der Waals surface area (Å²) in [7, 11) is 1.44. The molecule has 0 aromatic rings. The summed E-state index contributed by atoms with van der Waals surface area (Å²) in [6, 6.07) is 0. The summed E-state index contributed by atoms with van der Waals surface area (Å²) in [5, 5.41) is 10.4. The van der Waals surface area contributed by atoms with E-state index in [1.54, 1.807) is 0 Å². The van der Waals surface area contributed by atoms with E-state index in [0.29, 0.717) is 30.1 Å². The van der Waals surface area contributed by atoms with Gasteiger partial charge in [-0.15, -0.1) is 11.8 Å². The molecule has 0 saturated heterocycles. The summed E-state index contributed by atoms with van der Waals surface area (Å²) in [4.78, 5) is 11.2. The molecule has 0 spiro atoms. The molecule has 3 nitrogen and oxygen atoms in total. The maximum Gasteiger partial charge on any atom is 0.305 e. The molecular weight excluding hydrogens is 324 g/mol. The van der Waals surface area contributed by atoms with E-state index in [9.17, 15) is 9.90 Å². The molecule has 0 aromatic carbocycles. The van der Waals surface area contributed by atoms with E-state index < -0.39 is 0 Å². The highest BCUT2D eigenvalue weighted by atomic mass is 16.5. The van der Waals surface area contributed by atoms with E-state index in [0.717, 1.165) is 44.9 Å². The third-order valence-electron chi connectivity index (χ3n) is 5.88. The van der Waals surface area contributed by atoms with Crippen LogP contribution in [0.2, 0.25) is 0 Å². The third-order valence-corrected chi connectivity index (χ3v) is 5.88. The van der Waals surface area contributed by atoms with Gasteiger partial charge in [0.1, 0.15) is 0 Å². The number of ether oxygens (including phenoxy) is 1. The minimum Gasteiger partial charge on any atom is -0.469 e. The topological polar surface area (TPSA) is 46.5 Å². The fourth-order valence-corrected chi connectivity index (χ4v) is 4.42. The van der Waals surface area contributed by atoms with Gasteiger partial charge in [0, 0.05) is 18.8 Å². The number of carbonyl (C=O) groups excluding carboxylic acids is 1. The molecule has 0 aliphatic heterocycles. The van der Waals surface area contributed by atoms with Crippen molar-refractivity contribution in [3.05, 3.63) is 23.8 Å². The maximum absolute atomic E-state index is 11.2. The summed E-state index contributed by atoms with van der Waals surface area (Å²) in [5.41, 5.74) is 1.52. The fraction of sp³-hybridized carbons (Fsp3) is 0.696. The minimum atomic E-state index is -0.187. The average molecular weight is 359 g/mol. The number of hydrogen-bond acceptors (Lipinski definition) is 3. The quantitative estimate of drug-likeness (QED) is 0.297. The standard InChI is InChI=1S/C23H34O3/c1-4-5-9-17(2)10-8-12-20-21-15-18(14-19(21)16-22(20)24)11-6-7-13-23(25)26-3/h8,11-12,17,19-22,24H,6-7,9-10,13-16H2,1-3H3/b12-8+,18-11?/t17?,19-,20?,21-,22+/m0/s1. The lowest BCUT2D eigenvalue weighted by atomic mass is 9.90. The second-order valence-corrected chi connectivity index (χ2v) is 7.94. The van der Waals surface area contributed by atoms with Gasteiger partial charge in [0.15, 0.2) is 0 Å². The van der Waals surface area contributed by atoms with Gasteiger partial charge >= 0.3 is 5.97 Å². The molecule has 2 fully saturated rings. The van der Waals surface area contributed by atoms with Gasteiger partial charge in [-0.2, -0.15) is 0 Å². The predicted molar refractivity (Wildman–Crippen MR) is 105 cm³/mol. The lowest BCUT2D eigenvalue weighted by Gasteiger charge is -2.17. The Balaban J connectivity index is 1.81. The molecule has 26 heavy (non-hydrogen) atoms. The van der Waals surface area contributed by atoms with Crippen molar-refractivity contribution in [2.75, 3.05) is 7.11 Å². The van der Waals surface area contributed by atoms with Crippen LogP contribution in [0.4, 0.5) is 0 Å². The van der Waals surface area contributed by atoms with Crippen LogP contribution in [0.25, 0.3) is 0 Å². The number of methoxy groups -OCH3 is 1. The van der Waals surface area contributed by atoms with Crippen LogP contribution in [-0.2, 0) is 9.53 Å².